The molecule has 0 fully saturated rings. The van der Waals surface area contributed by atoms with Crippen molar-refractivity contribution in [3.05, 3.63) is 40.4 Å². The molecule has 1 atom stereocenters. The van der Waals surface area contributed by atoms with Crippen molar-refractivity contribution < 1.29 is 18.1 Å². The molecule has 1 aliphatic heterocycles. The summed E-state index contributed by atoms with van der Waals surface area (Å²) in [7, 11) is 0.0150. The third kappa shape index (κ3) is 3.41. The molecule has 2 aromatic rings. The number of fused-ring (bicyclic) bond motifs is 1. The van der Waals surface area contributed by atoms with Crippen LogP contribution in [0, 0.1) is 5.82 Å². The molecule has 26 heavy (non-hydrogen) atoms. The second-order valence-corrected chi connectivity index (χ2v) is 9.00. The average Bonchev–Trinajstić information content (AvgIpc) is 2.99. The van der Waals surface area contributed by atoms with Gasteiger partial charge in [0.15, 0.2) is 5.82 Å². The molecule has 0 saturated heterocycles. The van der Waals surface area contributed by atoms with Gasteiger partial charge < -0.3 is 9.47 Å². The summed E-state index contributed by atoms with van der Waals surface area (Å²) in [6, 6.07) is 2.72. The lowest BCUT2D eigenvalue weighted by atomic mass is 10.1. The number of hydrogen-bond acceptors (Lipinski definition) is 4. The zero-order valence-electron chi connectivity index (χ0n) is 14.9. The Labute approximate surface area is 158 Å². The molecule has 0 saturated carbocycles. The van der Waals surface area contributed by atoms with Crippen molar-refractivity contribution >= 4 is 28.3 Å². The first-order valence-corrected chi connectivity index (χ1v) is 9.39. The van der Waals surface area contributed by atoms with Crippen molar-refractivity contribution in [1.29, 1.82) is 0 Å². The van der Waals surface area contributed by atoms with Gasteiger partial charge in [-0.3, -0.25) is 0 Å². The molecule has 6 nitrogen and oxygen atoms in total. The molecule has 1 aromatic carbocycles. The molecule has 0 aliphatic carbocycles. The molecule has 0 radical (unpaired) electrons. The lowest BCUT2D eigenvalue weighted by molar-refractivity contribution is 0.147. The van der Waals surface area contributed by atoms with Crippen LogP contribution in [0.5, 0.6) is 5.75 Å². The van der Waals surface area contributed by atoms with Gasteiger partial charge in [0.2, 0.25) is 0 Å². The van der Waals surface area contributed by atoms with Crippen molar-refractivity contribution in [3.8, 4) is 11.4 Å². The Bertz CT molecular complexity index is 905. The lowest BCUT2D eigenvalue weighted by Gasteiger charge is -2.19. The van der Waals surface area contributed by atoms with Gasteiger partial charge in [-0.15, -0.1) is 0 Å². The summed E-state index contributed by atoms with van der Waals surface area (Å²) in [5.41, 5.74) is 1.86. The summed E-state index contributed by atoms with van der Waals surface area (Å²) >= 11 is 6.28. The number of ether oxygens (including phenoxy) is 2. The Hall–Kier alpha value is -1.77. The molecule has 0 bridgehead atoms. The smallest absolute Gasteiger partial charge is 0.150 e. The maximum atomic E-state index is 14.4. The van der Waals surface area contributed by atoms with Crippen molar-refractivity contribution in [2.45, 2.75) is 32.1 Å². The van der Waals surface area contributed by atoms with Crippen molar-refractivity contribution in [2.24, 2.45) is 4.40 Å². The molecular formula is C17H19ClFN3O3S. The Morgan fingerprint density at radius 1 is 1.38 bits per heavy atom. The first-order valence-electron chi connectivity index (χ1n) is 7.91. The van der Waals surface area contributed by atoms with Crippen LogP contribution in [0.3, 0.4) is 0 Å². The van der Waals surface area contributed by atoms with Crippen LogP contribution in [0.2, 0.25) is 5.02 Å². The van der Waals surface area contributed by atoms with Crippen LogP contribution in [0.4, 0.5) is 4.39 Å². The maximum Gasteiger partial charge on any atom is 0.150 e. The number of aromatic nitrogens is 2. The van der Waals surface area contributed by atoms with Gasteiger partial charge in [0.1, 0.15) is 27.4 Å². The Morgan fingerprint density at radius 2 is 2.12 bits per heavy atom. The third-order valence-corrected chi connectivity index (χ3v) is 5.64. The van der Waals surface area contributed by atoms with E-state index in [0.717, 1.165) is 0 Å². The third-order valence-electron chi connectivity index (χ3n) is 3.84. The molecule has 3 rings (SSSR count). The minimum absolute atomic E-state index is 0.0778. The van der Waals surface area contributed by atoms with E-state index < -0.39 is 21.5 Å². The fourth-order valence-corrected chi connectivity index (χ4v) is 3.39. The second kappa shape index (κ2) is 7.09. The van der Waals surface area contributed by atoms with Gasteiger partial charge in [-0.2, -0.15) is 9.50 Å². The van der Waals surface area contributed by atoms with Crippen LogP contribution < -0.4 is 4.74 Å². The van der Waals surface area contributed by atoms with E-state index in [0.29, 0.717) is 22.7 Å². The number of rotatable bonds is 3. The number of benzene rings is 1. The van der Waals surface area contributed by atoms with Gasteiger partial charge >= 0.3 is 0 Å². The van der Waals surface area contributed by atoms with E-state index in [9.17, 15) is 8.60 Å². The standard InChI is InChI=1S/C17H19ClFN3O3S/c1-17(2,3)26(23)21-12-8-25-9-13-10(12)7-20-22(13)16-11(19)5-6-14(24-4)15(16)18/h5-7H,8-9H2,1-4H3/b21-12+/t26-/m0/s1. The van der Waals surface area contributed by atoms with Crippen LogP contribution >= 0.6 is 11.6 Å². The number of hydrogen-bond donors (Lipinski definition) is 0. The highest BCUT2D eigenvalue weighted by molar-refractivity contribution is 7.85. The van der Waals surface area contributed by atoms with Gasteiger partial charge in [-0.25, -0.2) is 13.3 Å². The van der Waals surface area contributed by atoms with Crippen LogP contribution in [-0.4, -0.2) is 38.2 Å². The number of nitrogens with zero attached hydrogens (tertiary/aromatic N) is 3. The molecule has 1 aromatic heterocycles. The summed E-state index contributed by atoms with van der Waals surface area (Å²) in [5, 5.41) is 4.37. The normalized spacial score (nSPS) is 17.2. The molecule has 0 spiro atoms. The number of methoxy groups -OCH3 is 1. The molecule has 1 aliphatic rings. The van der Waals surface area contributed by atoms with Crippen molar-refractivity contribution in [3.63, 3.8) is 0 Å². The quantitative estimate of drug-likeness (QED) is 0.792. The van der Waals surface area contributed by atoms with E-state index in [-0.39, 0.29) is 23.9 Å². The highest BCUT2D eigenvalue weighted by atomic mass is 35.5. The van der Waals surface area contributed by atoms with Gasteiger partial charge in [-0.1, -0.05) is 11.6 Å². The molecule has 0 amide bonds. The lowest BCUT2D eigenvalue weighted by Crippen LogP contribution is -2.25. The topological polar surface area (TPSA) is 65.7 Å². The van der Waals surface area contributed by atoms with Crippen molar-refractivity contribution in [2.75, 3.05) is 13.7 Å². The van der Waals surface area contributed by atoms with E-state index in [1.165, 1.54) is 23.9 Å². The average molecular weight is 400 g/mol. The molecule has 140 valence electrons. The summed E-state index contributed by atoms with van der Waals surface area (Å²) in [6.07, 6.45) is 1.56. The van der Waals surface area contributed by atoms with Crippen LogP contribution in [-0.2, 0) is 22.3 Å². The van der Waals surface area contributed by atoms with Crippen LogP contribution in [0.25, 0.3) is 5.69 Å². The Kier molecular flexibility index (Phi) is 5.18. The predicted molar refractivity (Wildman–Crippen MR) is 99.2 cm³/mol. The van der Waals surface area contributed by atoms with E-state index in [2.05, 4.69) is 9.50 Å². The highest BCUT2D eigenvalue weighted by Gasteiger charge is 2.27. The summed E-state index contributed by atoms with van der Waals surface area (Å²) < 4.78 is 42.7. The number of halogens is 2. The fraction of sp³-hybridized carbons (Fsp3) is 0.412. The first kappa shape index (κ1) is 19.0. The minimum Gasteiger partial charge on any atom is -0.495 e. The predicted octanol–water partition coefficient (Wildman–Crippen LogP) is 3.45. The van der Waals surface area contributed by atoms with Gasteiger partial charge in [0.25, 0.3) is 0 Å². The largest absolute Gasteiger partial charge is 0.495 e. The molecule has 2 heterocycles. The highest BCUT2D eigenvalue weighted by Crippen LogP contribution is 2.34. The summed E-state index contributed by atoms with van der Waals surface area (Å²) in [6.45, 7) is 5.95. The van der Waals surface area contributed by atoms with E-state index in [1.807, 2.05) is 20.8 Å². The molecule has 9 heteroatoms. The maximum absolute atomic E-state index is 14.4. The monoisotopic (exact) mass is 399 g/mol. The zero-order valence-corrected chi connectivity index (χ0v) is 16.4. The van der Waals surface area contributed by atoms with Crippen molar-refractivity contribution in [1.82, 2.24) is 9.78 Å². The molecular weight excluding hydrogens is 381 g/mol. The van der Waals surface area contributed by atoms with Gasteiger partial charge in [-0.05, 0) is 32.9 Å². The summed E-state index contributed by atoms with van der Waals surface area (Å²) in [5.74, 6) is -0.198. The van der Waals surface area contributed by atoms with Crippen LogP contribution in [0.15, 0.2) is 22.7 Å². The minimum atomic E-state index is -1.44. The SMILES string of the molecule is COc1ccc(F)c(-n2ncc3c2COC/C3=N\[S@@](=O)C(C)(C)C)c1Cl. The van der Waals surface area contributed by atoms with Gasteiger partial charge in [0, 0.05) is 5.56 Å². The fourth-order valence-electron chi connectivity index (χ4n) is 2.46. The van der Waals surface area contributed by atoms with E-state index >= 15 is 0 Å². The Balaban J connectivity index is 2.11. The van der Waals surface area contributed by atoms with Gasteiger partial charge in [0.05, 0.1) is 42.7 Å². The van der Waals surface area contributed by atoms with E-state index in [1.54, 1.807) is 6.20 Å². The Morgan fingerprint density at radius 3 is 2.77 bits per heavy atom. The summed E-state index contributed by atoms with van der Waals surface area (Å²) in [4.78, 5) is 0. The zero-order chi connectivity index (χ0) is 19.1. The van der Waals surface area contributed by atoms with Crippen LogP contribution in [0.1, 0.15) is 32.0 Å². The second-order valence-electron chi connectivity index (χ2n) is 6.72. The molecule has 0 unspecified atom stereocenters. The first-order chi connectivity index (χ1) is 12.2. The van der Waals surface area contributed by atoms with E-state index in [4.69, 9.17) is 21.1 Å². The molecule has 0 N–H and O–H groups in total.